The van der Waals surface area contributed by atoms with Crippen molar-refractivity contribution in [2.45, 2.75) is 26.7 Å². The van der Waals surface area contributed by atoms with Crippen molar-refractivity contribution in [2.75, 3.05) is 26.2 Å². The van der Waals surface area contributed by atoms with E-state index in [0.29, 0.717) is 0 Å². The molecule has 0 bridgehead atoms. The third-order valence-electron chi connectivity index (χ3n) is 1.75. The van der Waals surface area contributed by atoms with Crippen LogP contribution in [0.15, 0.2) is 0 Å². The lowest BCUT2D eigenvalue weighted by atomic mass is 10.3. The molecule has 2 nitrogen and oxygen atoms in total. The molecule has 0 aromatic carbocycles. The summed E-state index contributed by atoms with van der Waals surface area (Å²) in [5.41, 5.74) is 0. The van der Waals surface area contributed by atoms with Crippen molar-refractivity contribution in [1.29, 1.82) is 0 Å². The van der Waals surface area contributed by atoms with Crippen LogP contribution < -0.4 is 4.90 Å². The van der Waals surface area contributed by atoms with E-state index in [1.807, 2.05) is 0 Å². The molecule has 0 fully saturated rings. The van der Waals surface area contributed by atoms with E-state index in [-0.39, 0.29) is 6.61 Å². The molecule has 0 saturated carbocycles. The smallest absolute Gasteiger partial charge is 0.139 e. The molecule has 0 aliphatic rings. The molecule has 0 radical (unpaired) electrons. The molecule has 0 aliphatic heterocycles. The van der Waals surface area contributed by atoms with Crippen LogP contribution in [0.25, 0.3) is 0 Å². The molecule has 0 spiro atoms. The summed E-state index contributed by atoms with van der Waals surface area (Å²) in [4.78, 5) is 1.53. The minimum absolute atomic E-state index is 0.00840. The summed E-state index contributed by atoms with van der Waals surface area (Å²) >= 11 is 0. The Morgan fingerprint density at radius 2 is 1.67 bits per heavy atom. The fraction of sp³-hybridized carbons (Fsp3) is 0.800. The lowest BCUT2D eigenvalue weighted by molar-refractivity contribution is -0.892. The van der Waals surface area contributed by atoms with Gasteiger partial charge in [-0.1, -0.05) is 19.8 Å². The highest BCUT2D eigenvalue weighted by Gasteiger charge is 2.01. The molecule has 0 aromatic rings. The van der Waals surface area contributed by atoms with E-state index in [1.54, 1.807) is 0 Å². The molecule has 0 aliphatic carbocycles. The molecular weight excluding hydrogens is 150 g/mol. The third kappa shape index (κ3) is 6.21. The van der Waals surface area contributed by atoms with Gasteiger partial charge in [-0.05, 0) is 18.8 Å². The van der Waals surface area contributed by atoms with Crippen molar-refractivity contribution < 1.29 is 10.0 Å². The van der Waals surface area contributed by atoms with E-state index in [2.05, 4.69) is 25.7 Å². The number of hydrogen-bond donors (Lipinski definition) is 2. The lowest BCUT2D eigenvalue weighted by Gasteiger charge is -2.14. The normalized spacial score (nSPS) is 9.67. The van der Waals surface area contributed by atoms with E-state index in [4.69, 9.17) is 5.11 Å². The van der Waals surface area contributed by atoms with Gasteiger partial charge in [0, 0.05) is 0 Å². The van der Waals surface area contributed by atoms with Gasteiger partial charge in [0.2, 0.25) is 0 Å². The summed E-state index contributed by atoms with van der Waals surface area (Å²) in [5.74, 6) is 5.65. The van der Waals surface area contributed by atoms with Gasteiger partial charge in [0.05, 0.1) is 13.1 Å². The van der Waals surface area contributed by atoms with Gasteiger partial charge in [0.15, 0.2) is 0 Å². The quantitative estimate of drug-likeness (QED) is 0.543. The molecule has 12 heavy (non-hydrogen) atoms. The average Bonchev–Trinajstić information content (AvgIpc) is 2.06. The fourth-order valence-electron chi connectivity index (χ4n) is 1.25. The number of hydrogen-bond acceptors (Lipinski definition) is 1. The van der Waals surface area contributed by atoms with E-state index in [1.165, 1.54) is 30.8 Å². The molecule has 0 amide bonds. The molecule has 70 valence electrons. The highest BCUT2D eigenvalue weighted by molar-refractivity contribution is 4.98. The van der Waals surface area contributed by atoms with Crippen molar-refractivity contribution in [2.24, 2.45) is 0 Å². The van der Waals surface area contributed by atoms with Crippen LogP contribution in [0.5, 0.6) is 0 Å². The highest BCUT2D eigenvalue weighted by Crippen LogP contribution is 1.68. The summed E-state index contributed by atoms with van der Waals surface area (Å²) in [6.45, 7) is 7.62. The minimum Gasteiger partial charge on any atom is -0.384 e. The maximum absolute atomic E-state index is 8.46. The second-order valence-electron chi connectivity index (χ2n) is 2.94. The third-order valence-corrected chi connectivity index (χ3v) is 1.75. The first kappa shape index (κ1) is 11.5. The van der Waals surface area contributed by atoms with Crippen LogP contribution in [0.4, 0.5) is 0 Å². The van der Waals surface area contributed by atoms with Crippen molar-refractivity contribution in [1.82, 2.24) is 0 Å². The Morgan fingerprint density at radius 1 is 1.08 bits per heavy atom. The number of quaternary nitrogens is 1. The maximum Gasteiger partial charge on any atom is 0.139 e. The molecule has 0 atom stereocenters. The Labute approximate surface area is 75.6 Å². The number of aliphatic hydroxyl groups excluding tert-OH is 1. The van der Waals surface area contributed by atoms with E-state index >= 15 is 0 Å². The van der Waals surface area contributed by atoms with Gasteiger partial charge in [-0.25, -0.2) is 0 Å². The van der Waals surface area contributed by atoms with Crippen molar-refractivity contribution in [3.8, 4) is 11.8 Å². The predicted octanol–water partition coefficient (Wildman–Crippen LogP) is -0.313. The van der Waals surface area contributed by atoms with Crippen LogP contribution in [-0.4, -0.2) is 31.3 Å². The Kier molecular flexibility index (Phi) is 8.20. The van der Waals surface area contributed by atoms with Crippen LogP contribution in [-0.2, 0) is 0 Å². The van der Waals surface area contributed by atoms with Gasteiger partial charge in [-0.2, -0.15) is 0 Å². The SMILES string of the molecule is CCC[NH+](CC#CCO)CCC. The van der Waals surface area contributed by atoms with Gasteiger partial charge in [0.1, 0.15) is 13.2 Å². The zero-order valence-electron chi connectivity index (χ0n) is 8.19. The Bertz CT molecular complexity index is 140. The molecule has 0 heterocycles. The Morgan fingerprint density at radius 3 is 2.08 bits per heavy atom. The molecule has 0 rings (SSSR count). The first-order valence-corrected chi connectivity index (χ1v) is 4.75. The average molecular weight is 170 g/mol. The predicted molar refractivity (Wildman–Crippen MR) is 51.0 cm³/mol. The van der Waals surface area contributed by atoms with Crippen molar-refractivity contribution in [3.63, 3.8) is 0 Å². The van der Waals surface area contributed by atoms with Crippen LogP contribution in [0.1, 0.15) is 26.7 Å². The van der Waals surface area contributed by atoms with Crippen LogP contribution in [0.3, 0.4) is 0 Å². The van der Waals surface area contributed by atoms with Crippen LogP contribution in [0, 0.1) is 11.8 Å². The monoisotopic (exact) mass is 170 g/mol. The van der Waals surface area contributed by atoms with Crippen LogP contribution in [0.2, 0.25) is 0 Å². The van der Waals surface area contributed by atoms with Gasteiger partial charge < -0.3 is 10.0 Å². The molecule has 0 unspecified atom stereocenters. The molecule has 0 saturated heterocycles. The summed E-state index contributed by atoms with van der Waals surface area (Å²) in [7, 11) is 0. The van der Waals surface area contributed by atoms with E-state index < -0.39 is 0 Å². The summed E-state index contributed by atoms with van der Waals surface area (Å²) in [6.07, 6.45) is 2.41. The standard InChI is InChI=1S/C10H19NO/c1-3-7-11(8-4-2)9-5-6-10-12/h12H,3-4,7-10H2,1-2H3/p+1. The first-order valence-electron chi connectivity index (χ1n) is 4.75. The van der Waals surface area contributed by atoms with Gasteiger partial charge >= 0.3 is 0 Å². The number of aliphatic hydroxyl groups is 1. The van der Waals surface area contributed by atoms with Crippen LogP contribution >= 0.6 is 0 Å². The first-order chi connectivity index (χ1) is 5.85. The molecule has 2 heteroatoms. The number of nitrogens with one attached hydrogen (secondary N) is 1. The topological polar surface area (TPSA) is 24.7 Å². The zero-order valence-corrected chi connectivity index (χ0v) is 8.19. The molecular formula is C10H20NO+. The Balaban J connectivity index is 3.61. The maximum atomic E-state index is 8.46. The van der Waals surface area contributed by atoms with E-state index in [0.717, 1.165) is 6.54 Å². The van der Waals surface area contributed by atoms with Crippen molar-refractivity contribution in [3.05, 3.63) is 0 Å². The number of rotatable bonds is 5. The molecule has 0 aromatic heterocycles. The Hall–Kier alpha value is -0.520. The fourth-order valence-corrected chi connectivity index (χ4v) is 1.25. The highest BCUT2D eigenvalue weighted by atomic mass is 16.2. The van der Waals surface area contributed by atoms with Gasteiger partial charge in [0.25, 0.3) is 0 Å². The summed E-state index contributed by atoms with van der Waals surface area (Å²) in [6, 6.07) is 0. The molecule has 2 N–H and O–H groups in total. The zero-order chi connectivity index (χ0) is 9.23. The lowest BCUT2D eigenvalue weighted by Crippen LogP contribution is -3.11. The van der Waals surface area contributed by atoms with Crippen molar-refractivity contribution >= 4 is 0 Å². The van der Waals surface area contributed by atoms with Gasteiger partial charge in [-0.3, -0.25) is 0 Å². The van der Waals surface area contributed by atoms with E-state index in [9.17, 15) is 0 Å². The second kappa shape index (κ2) is 8.58. The summed E-state index contributed by atoms with van der Waals surface area (Å²) < 4.78 is 0. The largest absolute Gasteiger partial charge is 0.384 e. The van der Waals surface area contributed by atoms with Gasteiger partial charge in [-0.15, -0.1) is 0 Å². The second-order valence-corrected chi connectivity index (χ2v) is 2.94. The summed E-state index contributed by atoms with van der Waals surface area (Å²) in [5, 5.41) is 8.46. The minimum atomic E-state index is -0.00840.